The maximum Gasteiger partial charge on any atom is 0.238 e. The first kappa shape index (κ1) is 14.3. The van der Waals surface area contributed by atoms with Crippen LogP contribution in [0.4, 0.5) is 5.69 Å². The number of rotatable bonds is 5. The summed E-state index contributed by atoms with van der Waals surface area (Å²) in [5, 5.41) is 6.11. The molecule has 0 saturated carbocycles. The molecule has 0 bridgehead atoms. The van der Waals surface area contributed by atoms with Crippen molar-refractivity contribution in [2.24, 2.45) is 0 Å². The van der Waals surface area contributed by atoms with Crippen LogP contribution < -0.4 is 10.6 Å². The molecular weight excluding hydrogens is 248 g/mol. The van der Waals surface area contributed by atoms with E-state index in [0.29, 0.717) is 6.54 Å². The summed E-state index contributed by atoms with van der Waals surface area (Å²) in [5.74, 6) is -0.0309. The van der Waals surface area contributed by atoms with E-state index in [0.717, 1.165) is 5.69 Å². The van der Waals surface area contributed by atoms with Crippen molar-refractivity contribution in [3.8, 4) is 0 Å². The van der Waals surface area contributed by atoms with Gasteiger partial charge in [0.1, 0.15) is 0 Å². The zero-order valence-electron chi connectivity index (χ0n) is 11.9. The Morgan fingerprint density at radius 3 is 2.40 bits per heavy atom. The molecule has 1 atom stereocenters. The molecule has 0 saturated heterocycles. The van der Waals surface area contributed by atoms with Gasteiger partial charge in [0.15, 0.2) is 0 Å². The molecule has 1 amide bonds. The smallest absolute Gasteiger partial charge is 0.238 e. The lowest BCUT2D eigenvalue weighted by Crippen LogP contribution is -2.30. The molecule has 0 aliphatic carbocycles. The predicted molar refractivity (Wildman–Crippen MR) is 82.7 cm³/mol. The number of benzene rings is 2. The Labute approximate surface area is 120 Å². The Kier molecular flexibility index (Phi) is 4.91. The van der Waals surface area contributed by atoms with E-state index in [2.05, 4.69) is 36.6 Å². The number of amides is 1. The summed E-state index contributed by atoms with van der Waals surface area (Å²) < 4.78 is 0. The van der Waals surface area contributed by atoms with Gasteiger partial charge in [-0.2, -0.15) is 0 Å². The summed E-state index contributed by atoms with van der Waals surface area (Å²) in [7, 11) is 0. The van der Waals surface area contributed by atoms with Crippen LogP contribution in [0.3, 0.4) is 0 Å². The average molecular weight is 268 g/mol. The minimum Gasteiger partial charge on any atom is -0.325 e. The van der Waals surface area contributed by atoms with Crippen LogP contribution in [-0.2, 0) is 4.79 Å². The number of para-hydroxylation sites is 1. The molecule has 2 aromatic carbocycles. The lowest BCUT2D eigenvalue weighted by Gasteiger charge is -2.16. The highest BCUT2D eigenvalue weighted by Gasteiger charge is 2.09. The molecule has 0 radical (unpaired) electrons. The summed E-state index contributed by atoms with van der Waals surface area (Å²) in [6.45, 7) is 4.44. The molecule has 0 unspecified atom stereocenters. The molecule has 104 valence electrons. The van der Waals surface area contributed by atoms with Crippen molar-refractivity contribution in [3.05, 3.63) is 65.7 Å². The van der Waals surface area contributed by atoms with Crippen LogP contribution in [0.25, 0.3) is 0 Å². The van der Waals surface area contributed by atoms with Gasteiger partial charge in [-0.15, -0.1) is 0 Å². The van der Waals surface area contributed by atoms with Gasteiger partial charge in [0.2, 0.25) is 5.91 Å². The number of hydrogen-bond acceptors (Lipinski definition) is 2. The zero-order valence-corrected chi connectivity index (χ0v) is 11.9. The monoisotopic (exact) mass is 268 g/mol. The van der Waals surface area contributed by atoms with Gasteiger partial charge < -0.3 is 10.6 Å². The lowest BCUT2D eigenvalue weighted by atomic mass is 10.0. The van der Waals surface area contributed by atoms with Crippen LogP contribution in [0.5, 0.6) is 0 Å². The van der Waals surface area contributed by atoms with Crippen molar-refractivity contribution in [2.45, 2.75) is 19.9 Å². The largest absolute Gasteiger partial charge is 0.325 e. The quantitative estimate of drug-likeness (QED) is 0.873. The maximum atomic E-state index is 11.9. The average Bonchev–Trinajstić information content (AvgIpc) is 2.46. The molecule has 0 spiro atoms. The van der Waals surface area contributed by atoms with Crippen molar-refractivity contribution in [1.29, 1.82) is 0 Å². The fourth-order valence-corrected chi connectivity index (χ4v) is 2.16. The lowest BCUT2D eigenvalue weighted by molar-refractivity contribution is -0.115. The van der Waals surface area contributed by atoms with Gasteiger partial charge in [-0.3, -0.25) is 4.79 Å². The van der Waals surface area contributed by atoms with Gasteiger partial charge in [-0.25, -0.2) is 0 Å². The van der Waals surface area contributed by atoms with Crippen molar-refractivity contribution in [3.63, 3.8) is 0 Å². The van der Waals surface area contributed by atoms with E-state index in [1.54, 1.807) is 0 Å². The van der Waals surface area contributed by atoms with E-state index in [-0.39, 0.29) is 11.9 Å². The standard InChI is InChI=1S/C17H20N2O/c1-13-8-6-7-11-16(13)14(2)18-12-17(20)19-15-9-4-3-5-10-15/h3-11,14,18H,12H2,1-2H3,(H,19,20)/t14-/m0/s1. The zero-order chi connectivity index (χ0) is 14.4. The van der Waals surface area contributed by atoms with Gasteiger partial charge in [-0.1, -0.05) is 42.5 Å². The van der Waals surface area contributed by atoms with Crippen LogP contribution in [0.15, 0.2) is 54.6 Å². The summed E-state index contributed by atoms with van der Waals surface area (Å²) in [6, 6.07) is 17.8. The first-order chi connectivity index (χ1) is 9.66. The van der Waals surface area contributed by atoms with Crippen molar-refractivity contribution in [2.75, 3.05) is 11.9 Å². The third kappa shape index (κ3) is 3.93. The first-order valence-corrected chi connectivity index (χ1v) is 6.80. The number of nitrogens with one attached hydrogen (secondary N) is 2. The number of aryl methyl sites for hydroxylation is 1. The summed E-state index contributed by atoms with van der Waals surface area (Å²) >= 11 is 0. The normalized spacial score (nSPS) is 11.9. The molecule has 0 aliphatic rings. The van der Waals surface area contributed by atoms with Crippen molar-refractivity contribution < 1.29 is 4.79 Å². The highest BCUT2D eigenvalue weighted by atomic mass is 16.1. The van der Waals surface area contributed by atoms with Crippen LogP contribution >= 0.6 is 0 Å². The van der Waals surface area contributed by atoms with E-state index < -0.39 is 0 Å². The van der Waals surface area contributed by atoms with Crippen LogP contribution in [-0.4, -0.2) is 12.5 Å². The third-order valence-electron chi connectivity index (χ3n) is 3.28. The predicted octanol–water partition coefficient (Wildman–Crippen LogP) is 3.28. The molecular formula is C17H20N2O. The second-order valence-corrected chi connectivity index (χ2v) is 4.87. The fraction of sp³-hybridized carbons (Fsp3) is 0.235. The molecule has 2 aromatic rings. The minimum atomic E-state index is -0.0309. The van der Waals surface area contributed by atoms with E-state index in [4.69, 9.17) is 0 Å². The summed E-state index contributed by atoms with van der Waals surface area (Å²) in [5.41, 5.74) is 3.28. The summed E-state index contributed by atoms with van der Waals surface area (Å²) in [4.78, 5) is 11.9. The fourth-order valence-electron chi connectivity index (χ4n) is 2.16. The van der Waals surface area contributed by atoms with Crippen LogP contribution in [0, 0.1) is 6.92 Å². The Balaban J connectivity index is 1.86. The van der Waals surface area contributed by atoms with Gasteiger partial charge in [0.05, 0.1) is 6.54 Å². The van der Waals surface area contributed by atoms with E-state index in [9.17, 15) is 4.79 Å². The van der Waals surface area contributed by atoms with Gasteiger partial charge in [0.25, 0.3) is 0 Å². The molecule has 2 rings (SSSR count). The molecule has 20 heavy (non-hydrogen) atoms. The molecule has 0 fully saturated rings. The number of hydrogen-bond donors (Lipinski definition) is 2. The summed E-state index contributed by atoms with van der Waals surface area (Å²) in [6.07, 6.45) is 0. The molecule has 0 aromatic heterocycles. The van der Waals surface area contributed by atoms with E-state index >= 15 is 0 Å². The number of anilines is 1. The molecule has 0 heterocycles. The minimum absolute atomic E-state index is 0.0309. The molecule has 2 N–H and O–H groups in total. The van der Waals surface area contributed by atoms with Gasteiger partial charge in [0, 0.05) is 11.7 Å². The van der Waals surface area contributed by atoms with E-state index in [1.807, 2.05) is 42.5 Å². The maximum absolute atomic E-state index is 11.9. The number of carbonyl (C=O) groups is 1. The van der Waals surface area contributed by atoms with Crippen LogP contribution in [0.1, 0.15) is 24.1 Å². The second-order valence-electron chi connectivity index (χ2n) is 4.87. The van der Waals surface area contributed by atoms with Crippen LogP contribution in [0.2, 0.25) is 0 Å². The Morgan fingerprint density at radius 1 is 1.05 bits per heavy atom. The SMILES string of the molecule is Cc1ccccc1[C@H](C)NCC(=O)Nc1ccccc1. The highest BCUT2D eigenvalue weighted by molar-refractivity contribution is 5.92. The Hall–Kier alpha value is -2.13. The van der Waals surface area contributed by atoms with Crippen molar-refractivity contribution in [1.82, 2.24) is 5.32 Å². The second kappa shape index (κ2) is 6.87. The first-order valence-electron chi connectivity index (χ1n) is 6.80. The Bertz CT molecular complexity index is 566. The molecule has 3 heteroatoms. The van der Waals surface area contributed by atoms with Crippen molar-refractivity contribution >= 4 is 11.6 Å². The third-order valence-corrected chi connectivity index (χ3v) is 3.28. The Morgan fingerprint density at radius 2 is 1.70 bits per heavy atom. The highest BCUT2D eigenvalue weighted by Crippen LogP contribution is 2.16. The molecule has 0 aliphatic heterocycles. The van der Waals surface area contributed by atoms with Gasteiger partial charge in [-0.05, 0) is 37.1 Å². The molecule has 3 nitrogen and oxygen atoms in total. The topological polar surface area (TPSA) is 41.1 Å². The van der Waals surface area contributed by atoms with E-state index in [1.165, 1.54) is 11.1 Å². The van der Waals surface area contributed by atoms with Gasteiger partial charge >= 0.3 is 0 Å². The number of carbonyl (C=O) groups excluding carboxylic acids is 1.